The number of hydrogen-bond acceptors (Lipinski definition) is 5. The molecule has 1 aliphatic heterocycles. The van der Waals surface area contributed by atoms with E-state index in [9.17, 15) is 9.59 Å². The standard InChI is InChI=1S/C18H23NO5/c1-17(2,3)24-16(21)19-18(4,5)15(20)23-13-8-9-14-12(11-13)7-6-10-22-14/h6-9,11H,10H2,1-5H3,(H,19,21). The Labute approximate surface area is 141 Å². The van der Waals surface area contributed by atoms with E-state index in [4.69, 9.17) is 14.2 Å². The van der Waals surface area contributed by atoms with E-state index in [0.717, 1.165) is 11.3 Å². The van der Waals surface area contributed by atoms with Crippen LogP contribution in [0.2, 0.25) is 0 Å². The summed E-state index contributed by atoms with van der Waals surface area (Å²) in [6.45, 7) is 8.89. The van der Waals surface area contributed by atoms with Crippen molar-refractivity contribution in [3.05, 3.63) is 29.8 Å². The first-order valence-electron chi connectivity index (χ1n) is 7.74. The molecule has 0 saturated heterocycles. The number of rotatable bonds is 3. The van der Waals surface area contributed by atoms with Crippen molar-refractivity contribution >= 4 is 18.1 Å². The van der Waals surface area contributed by atoms with Crippen molar-refractivity contribution in [2.24, 2.45) is 0 Å². The zero-order valence-electron chi connectivity index (χ0n) is 14.6. The molecule has 1 aromatic rings. The van der Waals surface area contributed by atoms with Crippen LogP contribution in [-0.4, -0.2) is 29.8 Å². The number of carbonyl (C=O) groups is 2. The van der Waals surface area contributed by atoms with E-state index in [-0.39, 0.29) is 0 Å². The Morgan fingerprint density at radius 1 is 1.17 bits per heavy atom. The van der Waals surface area contributed by atoms with Crippen molar-refractivity contribution in [2.75, 3.05) is 6.61 Å². The number of alkyl carbamates (subject to hydrolysis) is 1. The minimum absolute atomic E-state index is 0.382. The third-order valence-corrected chi connectivity index (χ3v) is 3.15. The normalized spacial score (nSPS) is 13.5. The van der Waals surface area contributed by atoms with Crippen LogP contribution < -0.4 is 14.8 Å². The van der Waals surface area contributed by atoms with Crippen LogP contribution in [0, 0.1) is 0 Å². The molecule has 130 valence electrons. The van der Waals surface area contributed by atoms with E-state index in [0.29, 0.717) is 12.4 Å². The molecular formula is C18H23NO5. The second-order valence-corrected chi connectivity index (χ2v) is 7.05. The van der Waals surface area contributed by atoms with Gasteiger partial charge in [0.2, 0.25) is 0 Å². The smallest absolute Gasteiger partial charge is 0.408 e. The zero-order chi connectivity index (χ0) is 18.0. The van der Waals surface area contributed by atoms with Gasteiger partial charge in [-0.3, -0.25) is 0 Å². The van der Waals surface area contributed by atoms with Gasteiger partial charge in [0.25, 0.3) is 0 Å². The summed E-state index contributed by atoms with van der Waals surface area (Å²) >= 11 is 0. The number of nitrogens with one attached hydrogen (secondary N) is 1. The molecule has 1 aromatic carbocycles. The highest BCUT2D eigenvalue weighted by molar-refractivity contribution is 5.86. The molecule has 6 heteroatoms. The van der Waals surface area contributed by atoms with Crippen molar-refractivity contribution in [3.63, 3.8) is 0 Å². The molecule has 0 spiro atoms. The van der Waals surface area contributed by atoms with E-state index in [2.05, 4.69) is 5.32 Å². The van der Waals surface area contributed by atoms with E-state index in [1.807, 2.05) is 12.2 Å². The van der Waals surface area contributed by atoms with Crippen molar-refractivity contribution in [3.8, 4) is 11.5 Å². The lowest BCUT2D eigenvalue weighted by Crippen LogP contribution is -2.52. The molecule has 1 heterocycles. The topological polar surface area (TPSA) is 73.9 Å². The predicted octanol–water partition coefficient (Wildman–Crippen LogP) is 3.30. The first-order valence-corrected chi connectivity index (χ1v) is 7.74. The fourth-order valence-electron chi connectivity index (χ4n) is 2.01. The molecule has 24 heavy (non-hydrogen) atoms. The quantitative estimate of drug-likeness (QED) is 0.678. The Morgan fingerprint density at radius 2 is 1.88 bits per heavy atom. The van der Waals surface area contributed by atoms with Crippen LogP contribution in [-0.2, 0) is 9.53 Å². The van der Waals surface area contributed by atoms with E-state index in [1.54, 1.807) is 52.8 Å². The average Bonchev–Trinajstić information content (AvgIpc) is 2.44. The summed E-state index contributed by atoms with van der Waals surface area (Å²) < 4.78 is 16.0. The summed E-state index contributed by atoms with van der Waals surface area (Å²) in [6.07, 6.45) is 3.11. The Morgan fingerprint density at radius 3 is 2.54 bits per heavy atom. The van der Waals surface area contributed by atoms with Crippen LogP contribution in [0.25, 0.3) is 6.08 Å². The predicted molar refractivity (Wildman–Crippen MR) is 90.1 cm³/mol. The van der Waals surface area contributed by atoms with Gasteiger partial charge in [0.1, 0.15) is 29.2 Å². The van der Waals surface area contributed by atoms with Crippen LogP contribution in [0.3, 0.4) is 0 Å². The SMILES string of the molecule is CC(C)(C)OC(=O)NC(C)(C)C(=O)Oc1ccc2c(c1)C=CCO2. The summed E-state index contributed by atoms with van der Waals surface area (Å²) in [5.41, 5.74) is -1.04. The number of fused-ring (bicyclic) bond motifs is 1. The minimum atomic E-state index is -1.23. The fraction of sp³-hybridized carbons (Fsp3) is 0.444. The Hall–Kier alpha value is -2.50. The largest absolute Gasteiger partial charge is 0.489 e. The molecule has 2 rings (SSSR count). The van der Waals surface area contributed by atoms with Crippen molar-refractivity contribution in [2.45, 2.75) is 45.8 Å². The van der Waals surface area contributed by atoms with Gasteiger partial charge >= 0.3 is 12.1 Å². The van der Waals surface area contributed by atoms with Gasteiger partial charge in [-0.2, -0.15) is 0 Å². The zero-order valence-corrected chi connectivity index (χ0v) is 14.6. The third kappa shape index (κ3) is 4.75. The van der Waals surface area contributed by atoms with Gasteiger partial charge in [-0.1, -0.05) is 6.08 Å². The summed E-state index contributed by atoms with van der Waals surface area (Å²) in [6, 6.07) is 5.11. The third-order valence-electron chi connectivity index (χ3n) is 3.15. The maximum atomic E-state index is 12.4. The van der Waals surface area contributed by atoms with Crippen LogP contribution >= 0.6 is 0 Å². The Kier molecular flexibility index (Phi) is 4.87. The van der Waals surface area contributed by atoms with Gasteiger partial charge in [-0.05, 0) is 58.9 Å². The molecule has 0 aromatic heterocycles. The van der Waals surface area contributed by atoms with Gasteiger partial charge in [-0.25, -0.2) is 9.59 Å². The fourth-order valence-corrected chi connectivity index (χ4v) is 2.01. The van der Waals surface area contributed by atoms with Crippen LogP contribution in [0.1, 0.15) is 40.2 Å². The van der Waals surface area contributed by atoms with Gasteiger partial charge in [0.05, 0.1) is 0 Å². The van der Waals surface area contributed by atoms with Crippen molar-refractivity contribution in [1.82, 2.24) is 5.32 Å². The number of esters is 1. The van der Waals surface area contributed by atoms with Gasteiger partial charge in [-0.15, -0.1) is 0 Å². The van der Waals surface area contributed by atoms with Crippen LogP contribution in [0.4, 0.5) is 4.79 Å². The van der Waals surface area contributed by atoms with E-state index >= 15 is 0 Å². The monoisotopic (exact) mass is 333 g/mol. The molecule has 6 nitrogen and oxygen atoms in total. The number of amides is 1. The van der Waals surface area contributed by atoms with Gasteiger partial charge in [0, 0.05) is 5.56 Å². The highest BCUT2D eigenvalue weighted by atomic mass is 16.6. The molecular weight excluding hydrogens is 310 g/mol. The Bertz CT molecular complexity index is 670. The maximum absolute atomic E-state index is 12.4. The minimum Gasteiger partial charge on any atom is -0.489 e. The molecule has 1 N–H and O–H groups in total. The number of ether oxygens (including phenoxy) is 3. The first-order chi connectivity index (χ1) is 11.1. The van der Waals surface area contributed by atoms with E-state index < -0.39 is 23.2 Å². The van der Waals surface area contributed by atoms with Crippen molar-refractivity contribution < 1.29 is 23.8 Å². The summed E-state index contributed by atoms with van der Waals surface area (Å²) in [5, 5.41) is 2.52. The molecule has 0 unspecified atom stereocenters. The molecule has 0 aliphatic carbocycles. The van der Waals surface area contributed by atoms with Crippen LogP contribution in [0.15, 0.2) is 24.3 Å². The molecule has 0 fully saturated rings. The number of carbonyl (C=O) groups excluding carboxylic acids is 2. The molecule has 0 saturated carbocycles. The summed E-state index contributed by atoms with van der Waals surface area (Å²) in [7, 11) is 0. The average molecular weight is 333 g/mol. The second-order valence-electron chi connectivity index (χ2n) is 7.05. The first kappa shape index (κ1) is 17.8. The van der Waals surface area contributed by atoms with Gasteiger partial charge in [0.15, 0.2) is 0 Å². The lowest BCUT2D eigenvalue weighted by atomic mass is 10.1. The highest BCUT2D eigenvalue weighted by Crippen LogP contribution is 2.28. The molecule has 0 radical (unpaired) electrons. The van der Waals surface area contributed by atoms with Crippen LogP contribution in [0.5, 0.6) is 11.5 Å². The number of benzene rings is 1. The lowest BCUT2D eigenvalue weighted by Gasteiger charge is -2.27. The molecule has 1 aliphatic rings. The molecule has 1 amide bonds. The molecule has 0 bridgehead atoms. The molecule has 0 atom stereocenters. The second kappa shape index (κ2) is 6.55. The number of hydrogen-bond donors (Lipinski definition) is 1. The van der Waals surface area contributed by atoms with Crippen molar-refractivity contribution in [1.29, 1.82) is 0 Å². The van der Waals surface area contributed by atoms with Gasteiger partial charge < -0.3 is 19.5 Å². The Balaban J connectivity index is 2.03. The highest BCUT2D eigenvalue weighted by Gasteiger charge is 2.33. The lowest BCUT2D eigenvalue weighted by molar-refractivity contribution is -0.140. The van der Waals surface area contributed by atoms with E-state index in [1.165, 1.54) is 0 Å². The summed E-state index contributed by atoms with van der Waals surface area (Å²) in [5.74, 6) is 0.533. The maximum Gasteiger partial charge on any atom is 0.408 e. The summed E-state index contributed by atoms with van der Waals surface area (Å²) in [4.78, 5) is 24.2.